The Bertz CT molecular complexity index is 763. The summed E-state index contributed by atoms with van der Waals surface area (Å²) in [6.07, 6.45) is 4.87. The fraction of sp³-hybridized carbons (Fsp3) is 0.0769. The Balaban J connectivity index is 2.37. The van der Waals surface area contributed by atoms with Gasteiger partial charge in [-0.2, -0.15) is 5.10 Å². The molecule has 0 saturated carbocycles. The van der Waals surface area contributed by atoms with Crippen molar-refractivity contribution in [3.8, 4) is 11.3 Å². The van der Waals surface area contributed by atoms with Gasteiger partial charge in [0.05, 0.1) is 17.4 Å². The molecule has 0 unspecified atom stereocenters. The van der Waals surface area contributed by atoms with Crippen LogP contribution in [0.3, 0.4) is 0 Å². The van der Waals surface area contributed by atoms with Crippen LogP contribution in [-0.2, 0) is 7.05 Å². The molecule has 94 valence electrons. The Morgan fingerprint density at radius 2 is 2.21 bits per heavy atom. The number of carbonyl (C=O) groups excluding carboxylic acids is 1. The summed E-state index contributed by atoms with van der Waals surface area (Å²) < 4.78 is 1.70. The van der Waals surface area contributed by atoms with Gasteiger partial charge in [-0.3, -0.25) is 9.48 Å². The zero-order chi connectivity index (χ0) is 13.4. The molecule has 3 aromatic rings. The highest BCUT2D eigenvalue weighted by molar-refractivity contribution is 6.02. The maximum Gasteiger partial charge on any atom is 0.248 e. The Morgan fingerprint density at radius 3 is 2.89 bits per heavy atom. The Morgan fingerprint density at radius 1 is 1.37 bits per heavy atom. The first-order chi connectivity index (χ1) is 9.16. The average molecular weight is 253 g/mol. The van der Waals surface area contributed by atoms with Crippen molar-refractivity contribution in [2.24, 2.45) is 12.8 Å². The second-order valence-electron chi connectivity index (χ2n) is 4.18. The molecule has 19 heavy (non-hydrogen) atoms. The zero-order valence-corrected chi connectivity index (χ0v) is 10.2. The Hall–Kier alpha value is -2.76. The van der Waals surface area contributed by atoms with Crippen molar-refractivity contribution in [1.29, 1.82) is 0 Å². The number of aromatic nitrogens is 4. The van der Waals surface area contributed by atoms with Crippen LogP contribution in [0.25, 0.3) is 22.2 Å². The summed E-state index contributed by atoms with van der Waals surface area (Å²) in [6, 6.07) is 5.25. The number of amides is 1. The second kappa shape index (κ2) is 4.16. The van der Waals surface area contributed by atoms with Crippen LogP contribution in [0.4, 0.5) is 0 Å². The fourth-order valence-electron chi connectivity index (χ4n) is 2.05. The average Bonchev–Trinajstić information content (AvgIpc) is 2.80. The number of hydrogen-bond acceptors (Lipinski definition) is 4. The predicted octanol–water partition coefficient (Wildman–Crippen LogP) is 1.13. The van der Waals surface area contributed by atoms with Crippen LogP contribution in [0.15, 0.2) is 36.9 Å². The molecule has 0 aliphatic carbocycles. The minimum atomic E-state index is -0.474. The third-order valence-corrected chi connectivity index (χ3v) is 3.01. The Labute approximate surface area is 108 Å². The molecule has 2 aromatic heterocycles. The lowest BCUT2D eigenvalue weighted by molar-refractivity contribution is 0.100. The van der Waals surface area contributed by atoms with Gasteiger partial charge < -0.3 is 5.73 Å². The van der Waals surface area contributed by atoms with E-state index in [0.717, 1.165) is 22.2 Å². The van der Waals surface area contributed by atoms with E-state index >= 15 is 0 Å². The number of aryl methyl sites for hydroxylation is 1. The van der Waals surface area contributed by atoms with E-state index in [4.69, 9.17) is 5.73 Å². The number of rotatable bonds is 2. The van der Waals surface area contributed by atoms with Crippen molar-refractivity contribution in [1.82, 2.24) is 19.7 Å². The first-order valence-corrected chi connectivity index (χ1v) is 5.69. The molecular weight excluding hydrogens is 242 g/mol. The highest BCUT2D eigenvalue weighted by Crippen LogP contribution is 2.28. The van der Waals surface area contributed by atoms with E-state index in [1.807, 2.05) is 7.05 Å². The molecule has 0 bridgehead atoms. The topological polar surface area (TPSA) is 86.7 Å². The van der Waals surface area contributed by atoms with Crippen LogP contribution in [0.2, 0.25) is 0 Å². The van der Waals surface area contributed by atoms with Crippen LogP contribution in [0.1, 0.15) is 10.4 Å². The molecule has 1 aromatic carbocycles. The summed E-state index contributed by atoms with van der Waals surface area (Å²) in [5.41, 5.74) is 8.20. The summed E-state index contributed by atoms with van der Waals surface area (Å²) in [5.74, 6) is -0.474. The van der Waals surface area contributed by atoms with Gasteiger partial charge in [0.15, 0.2) is 0 Å². The maximum atomic E-state index is 11.4. The van der Waals surface area contributed by atoms with Gasteiger partial charge in [-0.1, -0.05) is 0 Å². The molecule has 6 heteroatoms. The van der Waals surface area contributed by atoms with Crippen molar-refractivity contribution in [3.05, 3.63) is 42.5 Å². The summed E-state index contributed by atoms with van der Waals surface area (Å²) in [4.78, 5) is 19.5. The van der Waals surface area contributed by atoms with Crippen molar-refractivity contribution >= 4 is 16.8 Å². The third kappa shape index (κ3) is 1.83. The standard InChI is InChI=1S/C13H11N5O/c1-18-12-5-8(13(14)19)4-9(10(12)6-17-18)11-2-3-15-7-16-11/h2-7H,1H3,(H2,14,19). The number of primary amides is 1. The quantitative estimate of drug-likeness (QED) is 0.741. The molecule has 0 aliphatic rings. The molecule has 0 atom stereocenters. The van der Waals surface area contributed by atoms with Gasteiger partial charge in [-0.25, -0.2) is 9.97 Å². The molecule has 2 N–H and O–H groups in total. The van der Waals surface area contributed by atoms with E-state index in [9.17, 15) is 4.79 Å². The Kier molecular flexibility index (Phi) is 2.49. The summed E-state index contributed by atoms with van der Waals surface area (Å²) >= 11 is 0. The van der Waals surface area contributed by atoms with Gasteiger partial charge in [0.2, 0.25) is 5.91 Å². The normalized spacial score (nSPS) is 10.8. The number of benzene rings is 1. The lowest BCUT2D eigenvalue weighted by Crippen LogP contribution is -2.11. The van der Waals surface area contributed by atoms with Crippen molar-refractivity contribution < 1.29 is 4.79 Å². The van der Waals surface area contributed by atoms with Gasteiger partial charge in [-0.05, 0) is 18.2 Å². The number of nitrogens with two attached hydrogens (primary N) is 1. The molecule has 6 nitrogen and oxygen atoms in total. The van der Waals surface area contributed by atoms with Crippen LogP contribution in [0, 0.1) is 0 Å². The van der Waals surface area contributed by atoms with Gasteiger partial charge in [0, 0.05) is 29.8 Å². The molecule has 0 radical (unpaired) electrons. The maximum absolute atomic E-state index is 11.4. The summed E-state index contributed by atoms with van der Waals surface area (Å²) in [7, 11) is 1.82. The highest BCUT2D eigenvalue weighted by atomic mass is 16.1. The van der Waals surface area contributed by atoms with Crippen LogP contribution >= 0.6 is 0 Å². The van der Waals surface area contributed by atoms with E-state index < -0.39 is 5.91 Å². The summed E-state index contributed by atoms with van der Waals surface area (Å²) in [5, 5.41) is 5.13. The number of carbonyl (C=O) groups is 1. The zero-order valence-electron chi connectivity index (χ0n) is 10.2. The van der Waals surface area contributed by atoms with E-state index in [2.05, 4.69) is 15.1 Å². The highest BCUT2D eigenvalue weighted by Gasteiger charge is 2.13. The fourth-order valence-corrected chi connectivity index (χ4v) is 2.05. The molecule has 0 spiro atoms. The second-order valence-corrected chi connectivity index (χ2v) is 4.18. The molecule has 0 fully saturated rings. The number of hydrogen-bond donors (Lipinski definition) is 1. The molecule has 0 saturated heterocycles. The summed E-state index contributed by atoms with van der Waals surface area (Å²) in [6.45, 7) is 0. The smallest absolute Gasteiger partial charge is 0.248 e. The van der Waals surface area contributed by atoms with Crippen LogP contribution in [0.5, 0.6) is 0 Å². The van der Waals surface area contributed by atoms with Crippen LogP contribution < -0.4 is 5.73 Å². The van der Waals surface area contributed by atoms with E-state index in [1.165, 1.54) is 6.33 Å². The van der Waals surface area contributed by atoms with Crippen LogP contribution in [-0.4, -0.2) is 25.7 Å². The van der Waals surface area contributed by atoms with Crippen molar-refractivity contribution in [2.45, 2.75) is 0 Å². The molecular formula is C13H11N5O. The van der Waals surface area contributed by atoms with Gasteiger partial charge in [0.1, 0.15) is 6.33 Å². The largest absolute Gasteiger partial charge is 0.366 e. The van der Waals surface area contributed by atoms with Gasteiger partial charge in [0.25, 0.3) is 0 Å². The monoisotopic (exact) mass is 253 g/mol. The van der Waals surface area contributed by atoms with Gasteiger partial charge >= 0.3 is 0 Å². The van der Waals surface area contributed by atoms with E-state index in [-0.39, 0.29) is 0 Å². The van der Waals surface area contributed by atoms with Gasteiger partial charge in [-0.15, -0.1) is 0 Å². The van der Waals surface area contributed by atoms with Crippen molar-refractivity contribution in [2.75, 3.05) is 0 Å². The SMILES string of the molecule is Cn1ncc2c(-c3ccncn3)cc(C(N)=O)cc21. The lowest BCUT2D eigenvalue weighted by atomic mass is 10.0. The molecule has 0 aliphatic heterocycles. The number of nitrogens with zero attached hydrogens (tertiary/aromatic N) is 4. The number of fused-ring (bicyclic) bond motifs is 1. The molecule has 3 rings (SSSR count). The predicted molar refractivity (Wildman–Crippen MR) is 70.3 cm³/mol. The minimum absolute atomic E-state index is 0.435. The third-order valence-electron chi connectivity index (χ3n) is 3.01. The minimum Gasteiger partial charge on any atom is -0.366 e. The van der Waals surface area contributed by atoms with Crippen molar-refractivity contribution in [3.63, 3.8) is 0 Å². The molecule has 2 heterocycles. The first kappa shape index (κ1) is 11.3. The van der Waals surface area contributed by atoms with E-state index in [1.54, 1.807) is 35.3 Å². The lowest BCUT2D eigenvalue weighted by Gasteiger charge is -2.05. The molecule has 1 amide bonds. The van der Waals surface area contributed by atoms with E-state index in [0.29, 0.717) is 5.56 Å². The first-order valence-electron chi connectivity index (χ1n) is 5.69.